The van der Waals surface area contributed by atoms with E-state index >= 15 is 0 Å². The summed E-state index contributed by atoms with van der Waals surface area (Å²) in [5.41, 5.74) is 0. The molecule has 0 aliphatic heterocycles. The quantitative estimate of drug-likeness (QED) is 0.551. The summed E-state index contributed by atoms with van der Waals surface area (Å²) in [6, 6.07) is -1.36. The van der Waals surface area contributed by atoms with Gasteiger partial charge in [0.25, 0.3) is 0 Å². The number of carboxylic acids is 1. The summed E-state index contributed by atoms with van der Waals surface area (Å²) >= 11 is 0. The maximum absolute atomic E-state index is 11.2. The summed E-state index contributed by atoms with van der Waals surface area (Å²) < 4.78 is 10.7. The second-order valence-electron chi connectivity index (χ2n) is 3.33. The van der Waals surface area contributed by atoms with E-state index < -0.39 is 28.8 Å². The summed E-state index contributed by atoms with van der Waals surface area (Å²) in [5.74, 6) is -0.525. The van der Waals surface area contributed by atoms with E-state index in [2.05, 4.69) is 10.6 Å². The minimum atomic E-state index is -1.05. The predicted octanol–water partition coefficient (Wildman–Crippen LogP) is -0.0826. The molecule has 0 saturated heterocycles. The number of rotatable bonds is 7. The van der Waals surface area contributed by atoms with Crippen molar-refractivity contribution in [2.24, 2.45) is 0 Å². The van der Waals surface area contributed by atoms with Crippen LogP contribution in [0.25, 0.3) is 0 Å². The van der Waals surface area contributed by atoms with Crippen LogP contribution < -0.4 is 10.6 Å². The Morgan fingerprint density at radius 2 is 2.06 bits per heavy atom. The number of urea groups is 1. The van der Waals surface area contributed by atoms with Crippen LogP contribution in [-0.4, -0.2) is 45.9 Å². The summed E-state index contributed by atoms with van der Waals surface area (Å²) in [6.45, 7) is 2.07. The minimum Gasteiger partial charge on any atom is -0.480 e. The number of carboxylic acid groups (broad SMARTS) is 1. The molecule has 0 aliphatic rings. The zero-order valence-corrected chi connectivity index (χ0v) is 10.3. The molecule has 6 nitrogen and oxygen atoms in total. The first-order valence-electron chi connectivity index (χ1n) is 5.04. The second kappa shape index (κ2) is 8.09. The summed E-state index contributed by atoms with van der Waals surface area (Å²) in [4.78, 5) is 21.8. The summed E-state index contributed by atoms with van der Waals surface area (Å²) in [7, 11) is -0.866. The third kappa shape index (κ3) is 7.22. The zero-order valence-electron chi connectivity index (χ0n) is 9.49. The van der Waals surface area contributed by atoms with Gasteiger partial charge in [-0.1, -0.05) is 6.92 Å². The number of aliphatic carboxylic acids is 1. The van der Waals surface area contributed by atoms with Crippen molar-refractivity contribution in [3.8, 4) is 0 Å². The van der Waals surface area contributed by atoms with Gasteiger partial charge in [-0.2, -0.15) is 0 Å². The van der Waals surface area contributed by atoms with Gasteiger partial charge in [-0.25, -0.2) is 9.59 Å². The highest BCUT2D eigenvalue weighted by Gasteiger charge is 2.16. The molecule has 0 aromatic rings. The maximum atomic E-state index is 11.2. The van der Waals surface area contributed by atoms with Gasteiger partial charge < -0.3 is 15.7 Å². The fourth-order valence-corrected chi connectivity index (χ4v) is 1.58. The van der Waals surface area contributed by atoms with E-state index in [4.69, 9.17) is 5.11 Å². The SMILES string of the molecule is CC[C@H](NC(=O)NCCCS(C)=O)C(=O)O. The fourth-order valence-electron chi connectivity index (χ4n) is 1.03. The van der Waals surface area contributed by atoms with E-state index in [1.807, 2.05) is 0 Å². The third-order valence-electron chi connectivity index (χ3n) is 1.91. The average Bonchev–Trinajstić information content (AvgIpc) is 2.20. The summed E-state index contributed by atoms with van der Waals surface area (Å²) in [5, 5.41) is 13.5. The number of hydrogen-bond donors (Lipinski definition) is 3. The zero-order chi connectivity index (χ0) is 12.6. The van der Waals surface area contributed by atoms with Gasteiger partial charge in [0.1, 0.15) is 6.04 Å². The highest BCUT2D eigenvalue weighted by atomic mass is 32.2. The molecule has 2 amide bonds. The molecule has 16 heavy (non-hydrogen) atoms. The van der Waals surface area contributed by atoms with Gasteiger partial charge in [-0.15, -0.1) is 0 Å². The number of carbonyl (C=O) groups is 2. The van der Waals surface area contributed by atoms with Crippen LogP contribution in [0.1, 0.15) is 19.8 Å². The van der Waals surface area contributed by atoms with Crippen molar-refractivity contribution in [3.05, 3.63) is 0 Å². The fraction of sp³-hybridized carbons (Fsp3) is 0.778. The van der Waals surface area contributed by atoms with E-state index in [0.29, 0.717) is 25.1 Å². The normalized spacial score (nSPS) is 13.9. The lowest BCUT2D eigenvalue weighted by Crippen LogP contribution is -2.46. The lowest BCUT2D eigenvalue weighted by atomic mass is 10.2. The molecule has 3 N–H and O–H groups in total. The van der Waals surface area contributed by atoms with Crippen LogP contribution in [0.5, 0.6) is 0 Å². The number of nitrogens with one attached hydrogen (secondary N) is 2. The second-order valence-corrected chi connectivity index (χ2v) is 4.88. The average molecular weight is 250 g/mol. The van der Waals surface area contributed by atoms with Crippen LogP contribution in [0.15, 0.2) is 0 Å². The molecule has 1 unspecified atom stereocenters. The Hall–Kier alpha value is -1.11. The lowest BCUT2D eigenvalue weighted by molar-refractivity contribution is -0.139. The number of carbonyl (C=O) groups excluding carboxylic acids is 1. The van der Waals surface area contributed by atoms with Crippen LogP contribution in [0.3, 0.4) is 0 Å². The Morgan fingerprint density at radius 1 is 1.44 bits per heavy atom. The van der Waals surface area contributed by atoms with Gasteiger partial charge >= 0.3 is 12.0 Å². The van der Waals surface area contributed by atoms with Gasteiger partial charge in [0.2, 0.25) is 0 Å². The van der Waals surface area contributed by atoms with Gasteiger partial charge in [-0.3, -0.25) is 4.21 Å². The molecule has 0 saturated carbocycles. The third-order valence-corrected chi connectivity index (χ3v) is 2.77. The highest BCUT2D eigenvalue weighted by Crippen LogP contribution is 1.90. The van der Waals surface area contributed by atoms with Gasteiger partial charge in [0.15, 0.2) is 0 Å². The van der Waals surface area contributed by atoms with E-state index in [-0.39, 0.29) is 0 Å². The van der Waals surface area contributed by atoms with Crippen molar-refractivity contribution in [2.45, 2.75) is 25.8 Å². The molecule has 0 aromatic heterocycles. The van der Waals surface area contributed by atoms with E-state index in [0.717, 1.165) is 0 Å². The van der Waals surface area contributed by atoms with Crippen molar-refractivity contribution >= 4 is 22.8 Å². The molecule has 0 spiro atoms. The van der Waals surface area contributed by atoms with Crippen molar-refractivity contribution in [3.63, 3.8) is 0 Å². The Balaban J connectivity index is 3.73. The lowest BCUT2D eigenvalue weighted by Gasteiger charge is -2.12. The van der Waals surface area contributed by atoms with Crippen molar-refractivity contribution in [1.29, 1.82) is 0 Å². The van der Waals surface area contributed by atoms with E-state index in [9.17, 15) is 13.8 Å². The Kier molecular flexibility index (Phi) is 7.53. The minimum absolute atomic E-state index is 0.335. The van der Waals surface area contributed by atoms with Crippen molar-refractivity contribution in [1.82, 2.24) is 10.6 Å². The molecule has 0 radical (unpaired) electrons. The number of hydrogen-bond acceptors (Lipinski definition) is 3. The molecule has 0 fully saturated rings. The maximum Gasteiger partial charge on any atom is 0.326 e. The topological polar surface area (TPSA) is 95.5 Å². The molecular formula is C9H18N2O4S. The Labute approximate surface area is 97.3 Å². The smallest absolute Gasteiger partial charge is 0.326 e. The molecule has 0 aliphatic carbocycles. The highest BCUT2D eigenvalue weighted by molar-refractivity contribution is 7.84. The van der Waals surface area contributed by atoms with Crippen molar-refractivity contribution < 1.29 is 18.9 Å². The Bertz CT molecular complexity index is 270. The van der Waals surface area contributed by atoms with Gasteiger partial charge in [0.05, 0.1) is 0 Å². The van der Waals surface area contributed by atoms with E-state index in [1.54, 1.807) is 13.2 Å². The van der Waals surface area contributed by atoms with Crippen LogP contribution in [0.2, 0.25) is 0 Å². The Morgan fingerprint density at radius 3 is 2.50 bits per heavy atom. The van der Waals surface area contributed by atoms with Crippen molar-refractivity contribution in [2.75, 3.05) is 18.6 Å². The first-order chi connectivity index (χ1) is 7.47. The molecule has 94 valence electrons. The molecule has 2 atom stereocenters. The van der Waals surface area contributed by atoms with Gasteiger partial charge in [0, 0.05) is 29.4 Å². The van der Waals surface area contributed by atoms with Crippen LogP contribution in [-0.2, 0) is 15.6 Å². The summed E-state index contributed by atoms with van der Waals surface area (Å²) in [6.07, 6.45) is 2.54. The standard InChI is InChI=1S/C9H18N2O4S/c1-3-7(8(12)13)11-9(14)10-5-4-6-16(2)15/h7H,3-6H2,1-2H3,(H,12,13)(H2,10,11,14)/t7-,16?/m0/s1. The molecule has 0 rings (SSSR count). The molecule has 7 heteroatoms. The van der Waals surface area contributed by atoms with Crippen LogP contribution in [0.4, 0.5) is 4.79 Å². The molecule has 0 bridgehead atoms. The molecular weight excluding hydrogens is 232 g/mol. The van der Waals surface area contributed by atoms with E-state index in [1.165, 1.54) is 0 Å². The monoisotopic (exact) mass is 250 g/mol. The molecule has 0 aromatic carbocycles. The number of amides is 2. The first-order valence-corrected chi connectivity index (χ1v) is 6.77. The largest absolute Gasteiger partial charge is 0.480 e. The first kappa shape index (κ1) is 14.9. The van der Waals surface area contributed by atoms with Crippen LogP contribution >= 0.6 is 0 Å². The van der Waals surface area contributed by atoms with Gasteiger partial charge in [-0.05, 0) is 12.8 Å². The van der Waals surface area contributed by atoms with Crippen LogP contribution in [0, 0.1) is 0 Å². The predicted molar refractivity (Wildman–Crippen MR) is 61.8 cm³/mol. The molecule has 0 heterocycles.